The zero-order valence-electron chi connectivity index (χ0n) is 5.41. The number of phosphoric acid groups is 1. The van der Waals surface area contributed by atoms with Gasteiger partial charge >= 0.3 is 7.82 Å². The maximum absolute atomic E-state index is 10.1. The summed E-state index contributed by atoms with van der Waals surface area (Å²) in [6.45, 7) is -0.270. The Morgan fingerprint density at radius 1 is 1.73 bits per heavy atom. The minimum atomic E-state index is -4.38. The maximum Gasteiger partial charge on any atom is 0.471 e. The van der Waals surface area contributed by atoms with E-state index in [1.165, 1.54) is 17.1 Å². The van der Waals surface area contributed by atoms with Crippen molar-refractivity contribution in [2.45, 2.75) is 6.73 Å². The Bertz CT molecular complexity index is 253. The van der Waals surface area contributed by atoms with Crippen molar-refractivity contribution in [3.63, 3.8) is 0 Å². The van der Waals surface area contributed by atoms with Gasteiger partial charge in [0.1, 0.15) is 0 Å². The number of rotatable bonds is 3. The maximum atomic E-state index is 10.1. The van der Waals surface area contributed by atoms with Gasteiger partial charge in [0.25, 0.3) is 0 Å². The van der Waals surface area contributed by atoms with E-state index in [0.29, 0.717) is 0 Å². The van der Waals surface area contributed by atoms with E-state index in [2.05, 4.69) is 15.7 Å². The Labute approximate surface area is 62.7 Å². The summed E-state index contributed by atoms with van der Waals surface area (Å²) in [5, 5.41) is 3.61. The highest BCUT2D eigenvalue weighted by molar-refractivity contribution is 7.46. The molecule has 0 spiro atoms. The van der Waals surface area contributed by atoms with E-state index in [4.69, 9.17) is 9.79 Å². The molecule has 0 amide bonds. The first-order valence-electron chi connectivity index (χ1n) is 2.66. The van der Waals surface area contributed by atoms with Crippen molar-refractivity contribution in [2.75, 3.05) is 0 Å². The van der Waals surface area contributed by atoms with Crippen molar-refractivity contribution in [2.24, 2.45) is 0 Å². The van der Waals surface area contributed by atoms with Gasteiger partial charge in [0.05, 0.1) is 6.20 Å². The number of hydrogen-bond acceptors (Lipinski definition) is 3. The third kappa shape index (κ3) is 3.29. The Morgan fingerprint density at radius 3 is 2.91 bits per heavy atom. The van der Waals surface area contributed by atoms with Gasteiger partial charge in [-0.1, -0.05) is 0 Å². The fourth-order valence-electron chi connectivity index (χ4n) is 0.465. The van der Waals surface area contributed by atoms with Gasteiger partial charge in [0.15, 0.2) is 6.73 Å². The van der Waals surface area contributed by atoms with Crippen LogP contribution in [0.3, 0.4) is 0 Å². The molecule has 0 fully saturated rings. The quantitative estimate of drug-likeness (QED) is 0.622. The van der Waals surface area contributed by atoms with Crippen LogP contribution >= 0.6 is 7.82 Å². The zero-order valence-corrected chi connectivity index (χ0v) is 6.31. The van der Waals surface area contributed by atoms with Crippen molar-refractivity contribution in [1.29, 1.82) is 0 Å². The summed E-state index contributed by atoms with van der Waals surface area (Å²) in [6, 6.07) is 2.58. The standard InChI is InChI=1S/C4H6N2O4P/c7-11(8,9)10-4-6-3-1-2-5-6/h2-3H,4H2,(H2,7,8,9). The first-order valence-corrected chi connectivity index (χ1v) is 4.19. The second kappa shape index (κ2) is 3.15. The summed E-state index contributed by atoms with van der Waals surface area (Å²) in [4.78, 5) is 16.5. The molecule has 1 heterocycles. The van der Waals surface area contributed by atoms with Gasteiger partial charge in [-0.05, 0) is 0 Å². The van der Waals surface area contributed by atoms with Gasteiger partial charge in [0, 0.05) is 12.3 Å². The van der Waals surface area contributed by atoms with Crippen molar-refractivity contribution >= 4 is 7.82 Å². The molecule has 0 atom stereocenters. The van der Waals surface area contributed by atoms with Gasteiger partial charge < -0.3 is 9.79 Å². The third-order valence-corrected chi connectivity index (χ3v) is 1.31. The molecule has 1 aromatic heterocycles. The predicted octanol–water partition coefficient (Wildman–Crippen LogP) is -0.250. The number of aromatic nitrogens is 2. The highest BCUT2D eigenvalue weighted by Crippen LogP contribution is 2.35. The third-order valence-electron chi connectivity index (χ3n) is 0.862. The molecular formula is C4H6N2O4P. The lowest BCUT2D eigenvalue weighted by Gasteiger charge is -2.03. The molecule has 0 saturated carbocycles. The Kier molecular flexibility index (Phi) is 2.41. The first kappa shape index (κ1) is 8.42. The van der Waals surface area contributed by atoms with Crippen LogP contribution in [0, 0.1) is 6.07 Å². The highest BCUT2D eigenvalue weighted by Gasteiger charge is 2.13. The van der Waals surface area contributed by atoms with Crippen LogP contribution in [0.5, 0.6) is 0 Å². The molecule has 2 N–H and O–H groups in total. The molecule has 0 unspecified atom stereocenters. The van der Waals surface area contributed by atoms with Gasteiger partial charge in [-0.2, -0.15) is 5.10 Å². The van der Waals surface area contributed by atoms with Gasteiger partial charge in [-0.3, -0.25) is 4.52 Å². The zero-order chi connectivity index (χ0) is 8.32. The minimum absolute atomic E-state index is 0.270. The normalized spacial score (nSPS) is 11.8. The van der Waals surface area contributed by atoms with Gasteiger partial charge in [-0.15, -0.1) is 0 Å². The Hall–Kier alpha value is -0.680. The Morgan fingerprint density at radius 2 is 2.45 bits per heavy atom. The topological polar surface area (TPSA) is 84.6 Å². The van der Waals surface area contributed by atoms with E-state index in [0.717, 1.165) is 0 Å². The van der Waals surface area contributed by atoms with Crippen molar-refractivity contribution < 1.29 is 18.9 Å². The number of nitrogens with zero attached hydrogens (tertiary/aromatic N) is 2. The van der Waals surface area contributed by atoms with Crippen LogP contribution in [0.4, 0.5) is 0 Å². The summed E-state index contributed by atoms with van der Waals surface area (Å²) in [5.41, 5.74) is 0. The van der Waals surface area contributed by atoms with Crippen LogP contribution in [0.25, 0.3) is 0 Å². The van der Waals surface area contributed by atoms with E-state index >= 15 is 0 Å². The summed E-state index contributed by atoms with van der Waals surface area (Å²) < 4.78 is 15.5. The van der Waals surface area contributed by atoms with Gasteiger partial charge in [0.2, 0.25) is 0 Å². The molecular weight excluding hydrogens is 171 g/mol. The van der Waals surface area contributed by atoms with Gasteiger partial charge in [-0.25, -0.2) is 9.25 Å². The van der Waals surface area contributed by atoms with E-state index in [1.807, 2.05) is 0 Å². The summed E-state index contributed by atoms with van der Waals surface area (Å²) in [6.07, 6.45) is 2.78. The van der Waals surface area contributed by atoms with E-state index < -0.39 is 7.82 Å². The predicted molar refractivity (Wildman–Crippen MR) is 34.2 cm³/mol. The van der Waals surface area contributed by atoms with Crippen LogP contribution in [-0.2, 0) is 15.8 Å². The SMILES string of the molecule is O=P(O)(O)OCn1c[c]cn1. The summed E-state index contributed by atoms with van der Waals surface area (Å²) >= 11 is 0. The molecule has 0 aliphatic carbocycles. The van der Waals surface area contributed by atoms with E-state index in [-0.39, 0.29) is 6.73 Å². The molecule has 6 nitrogen and oxygen atoms in total. The van der Waals surface area contributed by atoms with Crippen molar-refractivity contribution in [3.05, 3.63) is 18.5 Å². The van der Waals surface area contributed by atoms with Crippen LogP contribution < -0.4 is 0 Å². The largest absolute Gasteiger partial charge is 0.471 e. The first-order chi connectivity index (χ1) is 5.08. The molecule has 11 heavy (non-hydrogen) atoms. The van der Waals surface area contributed by atoms with Crippen LogP contribution in [-0.4, -0.2) is 19.6 Å². The second-order valence-electron chi connectivity index (χ2n) is 1.73. The second-order valence-corrected chi connectivity index (χ2v) is 2.97. The number of phosphoric ester groups is 1. The molecule has 0 aromatic carbocycles. The molecule has 0 aliphatic rings. The molecule has 0 bridgehead atoms. The van der Waals surface area contributed by atoms with Crippen LogP contribution in [0.1, 0.15) is 0 Å². The fraction of sp³-hybridized carbons (Fsp3) is 0.250. The molecule has 1 rings (SSSR count). The highest BCUT2D eigenvalue weighted by atomic mass is 31.2. The lowest BCUT2D eigenvalue weighted by molar-refractivity contribution is 0.145. The molecule has 1 radical (unpaired) electrons. The number of hydrogen-bond donors (Lipinski definition) is 2. The lowest BCUT2D eigenvalue weighted by atomic mass is 10.8. The summed E-state index contributed by atoms with van der Waals surface area (Å²) in [5.74, 6) is 0. The van der Waals surface area contributed by atoms with E-state index in [1.54, 1.807) is 0 Å². The van der Waals surface area contributed by atoms with Crippen molar-refractivity contribution in [3.8, 4) is 0 Å². The van der Waals surface area contributed by atoms with Crippen LogP contribution in [0.2, 0.25) is 0 Å². The molecule has 0 aliphatic heterocycles. The fourth-order valence-corrected chi connectivity index (χ4v) is 0.734. The Balaban J connectivity index is 2.41. The molecule has 1 aromatic rings. The summed E-state index contributed by atoms with van der Waals surface area (Å²) in [7, 11) is -4.38. The average molecular weight is 177 g/mol. The molecule has 0 saturated heterocycles. The smallest absolute Gasteiger partial charge is 0.303 e. The molecule has 7 heteroatoms. The average Bonchev–Trinajstić information content (AvgIpc) is 2.32. The minimum Gasteiger partial charge on any atom is -0.303 e. The molecule has 61 valence electrons. The van der Waals surface area contributed by atoms with Crippen molar-refractivity contribution in [1.82, 2.24) is 9.78 Å². The van der Waals surface area contributed by atoms with Crippen LogP contribution in [0.15, 0.2) is 12.4 Å². The monoisotopic (exact) mass is 177 g/mol. The van der Waals surface area contributed by atoms with E-state index in [9.17, 15) is 4.57 Å². The lowest BCUT2D eigenvalue weighted by Crippen LogP contribution is -2.00.